The number of furan rings is 1. The van der Waals surface area contributed by atoms with Gasteiger partial charge in [-0.15, -0.1) is 40.5 Å². The van der Waals surface area contributed by atoms with Crippen molar-refractivity contribution in [3.63, 3.8) is 0 Å². The van der Waals surface area contributed by atoms with Gasteiger partial charge in [-0.05, 0) is 61.1 Å². The van der Waals surface area contributed by atoms with Crippen molar-refractivity contribution in [1.82, 2.24) is 4.98 Å². The quantitative estimate of drug-likeness (QED) is 0.0846. The van der Waals surface area contributed by atoms with Crippen molar-refractivity contribution in [2.24, 2.45) is 17.8 Å². The number of pyridine rings is 1. The van der Waals surface area contributed by atoms with Crippen LogP contribution >= 0.6 is 11.3 Å². The van der Waals surface area contributed by atoms with Crippen molar-refractivity contribution in [3.8, 4) is 11.3 Å². The number of rotatable bonds is 10. The summed E-state index contributed by atoms with van der Waals surface area (Å²) in [6.07, 6.45) is 7.86. The number of hydrogen-bond acceptors (Lipinski definition) is 5. The topological polar surface area (TPSA) is 63.3 Å². The van der Waals surface area contributed by atoms with Crippen LogP contribution in [-0.4, -0.2) is 15.9 Å². The smallest absolute Gasteiger partial charge is 0.162 e. The van der Waals surface area contributed by atoms with Crippen LogP contribution in [0.25, 0.3) is 53.4 Å². The van der Waals surface area contributed by atoms with E-state index in [9.17, 15) is 9.90 Å². The van der Waals surface area contributed by atoms with Gasteiger partial charge in [0.2, 0.25) is 0 Å². The number of aliphatic hydroxyl groups is 1. The minimum absolute atomic E-state index is 0. The zero-order valence-electron chi connectivity index (χ0n) is 31.1. The van der Waals surface area contributed by atoms with Crippen LogP contribution in [0.15, 0.2) is 77.0 Å². The van der Waals surface area contributed by atoms with E-state index in [4.69, 9.17) is 9.40 Å². The van der Waals surface area contributed by atoms with E-state index in [1.807, 2.05) is 33.9 Å². The van der Waals surface area contributed by atoms with E-state index in [0.29, 0.717) is 5.92 Å². The number of hydrogen-bond donors (Lipinski definition) is 1. The van der Waals surface area contributed by atoms with Gasteiger partial charge in [0.25, 0.3) is 0 Å². The molecule has 1 N–H and O–H groups in total. The van der Waals surface area contributed by atoms with E-state index in [1.165, 1.54) is 37.4 Å². The number of ketones is 1. The Morgan fingerprint density at radius 1 is 0.920 bits per heavy atom. The Morgan fingerprint density at radius 2 is 1.60 bits per heavy atom. The van der Waals surface area contributed by atoms with Crippen LogP contribution in [-0.2, 0) is 36.7 Å². The van der Waals surface area contributed by atoms with Crippen molar-refractivity contribution in [1.29, 1.82) is 0 Å². The SMILES string of the molecule is CC(C)Cc1cccc2oc3c4ccnc(-c5[c-]c6ccccc6c(C(C)(C)C)c5)c4sc3c12.CCC(CC)C(=O)/C=C(\O)C(CC)CC.[Ir]. The molecule has 267 valence electrons. The molecule has 0 aliphatic rings. The summed E-state index contributed by atoms with van der Waals surface area (Å²) in [6, 6.07) is 23.0. The fourth-order valence-electron chi connectivity index (χ4n) is 6.86. The molecule has 4 nitrogen and oxygen atoms in total. The molecular weight excluding hydrogens is 815 g/mol. The summed E-state index contributed by atoms with van der Waals surface area (Å²) in [5.41, 5.74) is 6.69. The van der Waals surface area contributed by atoms with Gasteiger partial charge in [-0.25, -0.2) is 0 Å². The van der Waals surface area contributed by atoms with Crippen LogP contribution in [0.2, 0.25) is 0 Å². The number of carbonyl (C=O) groups excluding carboxylic acids is 1. The Bertz CT molecular complexity index is 2110. The molecule has 0 unspecified atom stereocenters. The minimum Gasteiger partial charge on any atom is -0.512 e. The summed E-state index contributed by atoms with van der Waals surface area (Å²) in [4.78, 5) is 16.6. The predicted octanol–water partition coefficient (Wildman–Crippen LogP) is 13.2. The first-order valence-corrected chi connectivity index (χ1v) is 18.8. The van der Waals surface area contributed by atoms with Gasteiger partial charge in [0, 0.05) is 65.4 Å². The zero-order chi connectivity index (χ0) is 35.5. The number of carbonyl (C=O) groups is 1. The molecule has 50 heavy (non-hydrogen) atoms. The summed E-state index contributed by atoms with van der Waals surface area (Å²) >= 11 is 1.80. The zero-order valence-corrected chi connectivity index (χ0v) is 34.3. The average Bonchev–Trinajstić information content (AvgIpc) is 3.61. The number of thiophene rings is 1. The van der Waals surface area contributed by atoms with Gasteiger partial charge in [0.15, 0.2) is 11.4 Å². The third kappa shape index (κ3) is 8.25. The Kier molecular flexibility index (Phi) is 13.3. The maximum Gasteiger partial charge on any atom is 0.162 e. The molecule has 3 heterocycles. The summed E-state index contributed by atoms with van der Waals surface area (Å²) in [7, 11) is 0. The molecular formula is C44H52IrNO3S-. The molecule has 0 saturated heterocycles. The maximum absolute atomic E-state index is 11.7. The fourth-order valence-corrected chi connectivity index (χ4v) is 8.17. The Hall–Kier alpha value is -3.31. The van der Waals surface area contributed by atoms with E-state index in [-0.39, 0.29) is 48.9 Å². The normalized spacial score (nSPS) is 12.4. The molecule has 3 aromatic carbocycles. The molecule has 0 saturated carbocycles. The van der Waals surface area contributed by atoms with Crippen LogP contribution < -0.4 is 0 Å². The largest absolute Gasteiger partial charge is 0.512 e. The predicted molar refractivity (Wildman–Crippen MR) is 210 cm³/mol. The van der Waals surface area contributed by atoms with Crippen molar-refractivity contribution in [3.05, 3.63) is 89.8 Å². The van der Waals surface area contributed by atoms with Crippen LogP contribution in [0.4, 0.5) is 0 Å². The van der Waals surface area contributed by atoms with Crippen LogP contribution in [0.3, 0.4) is 0 Å². The average molecular weight is 867 g/mol. The molecule has 3 aromatic heterocycles. The van der Waals surface area contributed by atoms with Gasteiger partial charge in [-0.3, -0.25) is 9.78 Å². The standard InChI is InChI=1S/C31H28NOS.C13H24O2.Ir/c1-18(2)15-20-10-8-12-25-26(20)30-28(33-25)23-13-14-32-27(29(23)34-30)21-16-19-9-6-7-11-22(19)24(17-21)31(3,4)5;1-5-10(6-2)12(14)9-13(15)11(7-3)8-4;/h6-14,17-18H,15H2,1-5H3;9-11,14H,5-8H2,1-4H3;/q-1;;/b;12-9-;. The van der Waals surface area contributed by atoms with E-state index in [0.717, 1.165) is 65.3 Å². The maximum atomic E-state index is 11.7. The summed E-state index contributed by atoms with van der Waals surface area (Å²) < 4.78 is 8.84. The molecule has 0 spiro atoms. The molecule has 0 amide bonds. The van der Waals surface area contributed by atoms with Gasteiger partial charge in [0.05, 0.1) is 10.5 Å². The third-order valence-corrected chi connectivity index (χ3v) is 10.9. The molecule has 6 heteroatoms. The van der Waals surface area contributed by atoms with Gasteiger partial charge in [0.1, 0.15) is 5.58 Å². The van der Waals surface area contributed by atoms with E-state index in [2.05, 4.69) is 95.3 Å². The second-order valence-corrected chi connectivity index (χ2v) is 15.7. The molecule has 6 rings (SSSR count). The van der Waals surface area contributed by atoms with Gasteiger partial charge in [-0.2, -0.15) is 0 Å². The molecule has 0 bridgehead atoms. The minimum atomic E-state index is 0. The molecule has 1 radical (unpaired) electrons. The van der Waals surface area contributed by atoms with Crippen LogP contribution in [0.1, 0.15) is 99.1 Å². The number of benzene rings is 3. The summed E-state index contributed by atoms with van der Waals surface area (Å²) in [5, 5.41) is 14.5. The second-order valence-electron chi connectivity index (χ2n) is 14.7. The number of aromatic nitrogens is 1. The first-order chi connectivity index (χ1) is 23.4. The van der Waals surface area contributed by atoms with Crippen LogP contribution in [0.5, 0.6) is 0 Å². The van der Waals surface area contributed by atoms with Gasteiger partial charge >= 0.3 is 0 Å². The van der Waals surface area contributed by atoms with Crippen molar-refractivity contribution in [2.75, 3.05) is 0 Å². The number of aliphatic hydroxyl groups excluding tert-OH is 1. The molecule has 6 aromatic rings. The Morgan fingerprint density at radius 3 is 2.24 bits per heavy atom. The first-order valence-electron chi connectivity index (χ1n) is 18.0. The fraction of sp³-hybridized carbons (Fsp3) is 0.409. The number of nitrogens with zero attached hydrogens (tertiary/aromatic N) is 1. The number of fused-ring (bicyclic) bond motifs is 6. The molecule has 0 aliphatic carbocycles. The van der Waals surface area contributed by atoms with Crippen molar-refractivity contribution < 1.29 is 34.4 Å². The third-order valence-electron chi connectivity index (χ3n) is 9.66. The first kappa shape index (κ1) is 39.5. The molecule has 0 atom stereocenters. The molecule has 0 fully saturated rings. The Labute approximate surface area is 315 Å². The van der Waals surface area contributed by atoms with Gasteiger partial charge in [-0.1, -0.05) is 104 Å². The van der Waals surface area contributed by atoms with Gasteiger partial charge < -0.3 is 9.52 Å². The van der Waals surface area contributed by atoms with E-state index < -0.39 is 0 Å². The van der Waals surface area contributed by atoms with Crippen LogP contribution in [0, 0.1) is 23.8 Å². The second kappa shape index (κ2) is 16.8. The van der Waals surface area contributed by atoms with Crippen molar-refractivity contribution >= 4 is 59.2 Å². The van der Waals surface area contributed by atoms with E-state index >= 15 is 0 Å². The number of allylic oxidation sites excluding steroid dienone is 2. The van der Waals surface area contributed by atoms with Crippen molar-refractivity contribution in [2.45, 2.75) is 99.8 Å². The summed E-state index contributed by atoms with van der Waals surface area (Å²) in [5.74, 6) is 1.14. The van der Waals surface area contributed by atoms with E-state index in [1.54, 1.807) is 11.3 Å². The molecule has 0 aliphatic heterocycles. The monoisotopic (exact) mass is 867 g/mol. The Balaban J connectivity index is 0.000000301. The summed E-state index contributed by atoms with van der Waals surface area (Å²) in [6.45, 7) is 19.4.